The Morgan fingerprint density at radius 1 is 1.08 bits per heavy atom. The molecule has 0 saturated carbocycles. The van der Waals surface area contributed by atoms with Crippen LogP contribution in [0, 0.1) is 0 Å². The zero-order chi connectivity index (χ0) is 18.5. The van der Waals surface area contributed by atoms with Gasteiger partial charge in [-0.3, -0.25) is 9.69 Å². The summed E-state index contributed by atoms with van der Waals surface area (Å²) in [4.78, 5) is 23.0. The van der Waals surface area contributed by atoms with E-state index < -0.39 is 0 Å². The van der Waals surface area contributed by atoms with E-state index in [-0.39, 0.29) is 5.91 Å². The number of aromatic nitrogens is 1. The van der Waals surface area contributed by atoms with E-state index in [2.05, 4.69) is 4.90 Å². The zero-order valence-corrected chi connectivity index (χ0v) is 16.9. The van der Waals surface area contributed by atoms with Gasteiger partial charge in [-0.1, -0.05) is 23.5 Å². The van der Waals surface area contributed by atoms with Crippen molar-refractivity contribution in [3.8, 4) is 0 Å². The molecule has 0 N–H and O–H groups in total. The first-order chi connectivity index (χ1) is 12.6. The molecule has 0 atom stereocenters. The van der Waals surface area contributed by atoms with Gasteiger partial charge >= 0.3 is 0 Å². The number of carbonyl (C=O) groups excluding carboxylic acids is 1. The predicted molar refractivity (Wildman–Crippen MR) is 113 cm³/mol. The van der Waals surface area contributed by atoms with Gasteiger partial charge in [0.1, 0.15) is 0 Å². The number of para-hydroxylation sites is 1. The smallest absolute Gasteiger partial charge is 0.260 e. The van der Waals surface area contributed by atoms with E-state index in [4.69, 9.17) is 4.98 Å². The molecule has 0 spiro atoms. The molecule has 0 aliphatic heterocycles. The Hall–Kier alpha value is -1.89. The number of hydrogen-bond donors (Lipinski definition) is 0. The Kier molecular flexibility index (Phi) is 6.29. The molecule has 1 amide bonds. The average Bonchev–Trinajstić information content (AvgIpc) is 3.08. The highest BCUT2D eigenvalue weighted by Crippen LogP contribution is 2.30. The fourth-order valence-electron chi connectivity index (χ4n) is 2.69. The summed E-state index contributed by atoms with van der Waals surface area (Å²) in [6.07, 6.45) is 2.93. The molecule has 0 fully saturated rings. The van der Waals surface area contributed by atoms with Crippen molar-refractivity contribution in [2.45, 2.75) is 11.3 Å². The third kappa shape index (κ3) is 4.44. The lowest BCUT2D eigenvalue weighted by atomic mass is 10.2. The second-order valence-electron chi connectivity index (χ2n) is 6.31. The lowest BCUT2D eigenvalue weighted by Gasteiger charge is -2.21. The van der Waals surface area contributed by atoms with Crippen LogP contribution >= 0.6 is 23.1 Å². The topological polar surface area (TPSA) is 36.4 Å². The average molecular weight is 386 g/mol. The normalized spacial score (nSPS) is 11.2. The second-order valence-corrected chi connectivity index (χ2v) is 8.20. The summed E-state index contributed by atoms with van der Waals surface area (Å²) in [6, 6.07) is 15.8. The quantitative estimate of drug-likeness (QED) is 0.556. The minimum Gasteiger partial charge on any atom is -0.309 e. The summed E-state index contributed by atoms with van der Waals surface area (Å²) < 4.78 is 1.10. The van der Waals surface area contributed by atoms with Gasteiger partial charge in [0.15, 0.2) is 5.13 Å². The molecule has 3 aromatic rings. The van der Waals surface area contributed by atoms with Crippen molar-refractivity contribution in [3.63, 3.8) is 0 Å². The van der Waals surface area contributed by atoms with Gasteiger partial charge in [-0.25, -0.2) is 4.98 Å². The standard InChI is InChI=1S/C20H23N3OS2/c1-22(2)13-6-14-23(19(24)15-9-11-16(25-3)12-10-15)20-21-17-7-4-5-8-18(17)26-20/h4-5,7-12H,6,13-14H2,1-3H3. The number of rotatable bonds is 7. The van der Waals surface area contributed by atoms with Crippen LogP contribution in [-0.4, -0.2) is 49.2 Å². The molecule has 1 aromatic heterocycles. The van der Waals surface area contributed by atoms with Crippen molar-refractivity contribution in [1.82, 2.24) is 9.88 Å². The number of fused-ring (bicyclic) bond motifs is 1. The van der Waals surface area contributed by atoms with Gasteiger partial charge in [-0.15, -0.1) is 11.8 Å². The summed E-state index contributed by atoms with van der Waals surface area (Å²) >= 11 is 3.24. The van der Waals surface area contributed by atoms with E-state index in [1.807, 2.05) is 73.8 Å². The lowest BCUT2D eigenvalue weighted by Crippen LogP contribution is -2.33. The van der Waals surface area contributed by atoms with Crippen molar-refractivity contribution in [2.75, 3.05) is 38.3 Å². The first kappa shape index (κ1) is 18.9. The minimum absolute atomic E-state index is 0.00969. The Balaban J connectivity index is 1.89. The van der Waals surface area contributed by atoms with Crippen molar-refractivity contribution in [2.24, 2.45) is 0 Å². The Bertz CT molecular complexity index is 841. The SMILES string of the molecule is CSc1ccc(C(=O)N(CCCN(C)C)c2nc3ccccc3s2)cc1. The van der Waals surface area contributed by atoms with Gasteiger partial charge in [0, 0.05) is 17.0 Å². The van der Waals surface area contributed by atoms with Crippen LogP contribution in [0.5, 0.6) is 0 Å². The van der Waals surface area contributed by atoms with E-state index in [1.165, 1.54) is 0 Å². The van der Waals surface area contributed by atoms with E-state index in [9.17, 15) is 4.79 Å². The number of thiazole rings is 1. The van der Waals surface area contributed by atoms with Gasteiger partial charge < -0.3 is 4.90 Å². The number of thioether (sulfide) groups is 1. The van der Waals surface area contributed by atoms with E-state index >= 15 is 0 Å². The summed E-state index contributed by atoms with van der Waals surface area (Å²) in [6.45, 7) is 1.58. The number of nitrogens with zero attached hydrogens (tertiary/aromatic N) is 3. The number of benzene rings is 2. The van der Waals surface area contributed by atoms with Gasteiger partial charge in [0.25, 0.3) is 5.91 Å². The zero-order valence-electron chi connectivity index (χ0n) is 15.3. The highest BCUT2D eigenvalue weighted by molar-refractivity contribution is 7.98. The molecule has 0 aliphatic carbocycles. The Morgan fingerprint density at radius 2 is 1.81 bits per heavy atom. The first-order valence-electron chi connectivity index (χ1n) is 8.54. The fourth-order valence-corrected chi connectivity index (χ4v) is 4.09. The maximum Gasteiger partial charge on any atom is 0.260 e. The molecule has 0 unspecified atom stereocenters. The molecule has 0 radical (unpaired) electrons. The van der Waals surface area contributed by atoms with Gasteiger partial charge in [0.05, 0.1) is 10.2 Å². The van der Waals surface area contributed by atoms with E-state index in [0.29, 0.717) is 12.1 Å². The van der Waals surface area contributed by atoms with Crippen molar-refractivity contribution in [1.29, 1.82) is 0 Å². The van der Waals surface area contributed by atoms with Crippen LogP contribution in [0.4, 0.5) is 5.13 Å². The van der Waals surface area contributed by atoms with Crippen molar-refractivity contribution in [3.05, 3.63) is 54.1 Å². The molecule has 1 heterocycles. The molecule has 136 valence electrons. The monoisotopic (exact) mass is 385 g/mol. The molecule has 2 aromatic carbocycles. The minimum atomic E-state index is 0.00969. The third-order valence-electron chi connectivity index (χ3n) is 4.08. The van der Waals surface area contributed by atoms with E-state index in [0.717, 1.165) is 33.2 Å². The summed E-state index contributed by atoms with van der Waals surface area (Å²) in [5.74, 6) is 0.00969. The van der Waals surface area contributed by atoms with Crippen LogP contribution in [0.3, 0.4) is 0 Å². The molecule has 6 heteroatoms. The summed E-state index contributed by atoms with van der Waals surface area (Å²) in [7, 11) is 4.09. The van der Waals surface area contributed by atoms with Crippen LogP contribution in [0.15, 0.2) is 53.4 Å². The molecule has 4 nitrogen and oxygen atoms in total. The molecule has 0 saturated heterocycles. The molecule has 0 aliphatic rings. The number of amides is 1. The molecular formula is C20H23N3OS2. The summed E-state index contributed by atoms with van der Waals surface area (Å²) in [5.41, 5.74) is 1.64. The van der Waals surface area contributed by atoms with Crippen LogP contribution < -0.4 is 4.90 Å². The van der Waals surface area contributed by atoms with Crippen molar-refractivity contribution >= 4 is 44.4 Å². The molecular weight excluding hydrogens is 362 g/mol. The van der Waals surface area contributed by atoms with Crippen molar-refractivity contribution < 1.29 is 4.79 Å². The highest BCUT2D eigenvalue weighted by Gasteiger charge is 2.21. The van der Waals surface area contributed by atoms with E-state index in [1.54, 1.807) is 23.1 Å². The number of hydrogen-bond acceptors (Lipinski definition) is 5. The maximum atomic E-state index is 13.2. The maximum absolute atomic E-state index is 13.2. The van der Waals surface area contributed by atoms with Crippen LogP contribution in [0.25, 0.3) is 10.2 Å². The second kappa shape index (κ2) is 8.66. The van der Waals surface area contributed by atoms with Crippen LogP contribution in [-0.2, 0) is 0 Å². The van der Waals surface area contributed by atoms with Crippen LogP contribution in [0.2, 0.25) is 0 Å². The predicted octanol–water partition coefficient (Wildman–Crippen LogP) is 4.62. The van der Waals surface area contributed by atoms with Gasteiger partial charge in [-0.05, 0) is 69.7 Å². The Morgan fingerprint density at radius 3 is 2.46 bits per heavy atom. The summed E-state index contributed by atoms with van der Waals surface area (Å²) in [5, 5.41) is 0.767. The number of anilines is 1. The van der Waals surface area contributed by atoms with Gasteiger partial charge in [-0.2, -0.15) is 0 Å². The van der Waals surface area contributed by atoms with Crippen LogP contribution in [0.1, 0.15) is 16.8 Å². The van der Waals surface area contributed by atoms with Gasteiger partial charge in [0.2, 0.25) is 0 Å². The largest absolute Gasteiger partial charge is 0.309 e. The molecule has 3 rings (SSSR count). The lowest BCUT2D eigenvalue weighted by molar-refractivity contribution is 0.0986. The molecule has 26 heavy (non-hydrogen) atoms. The Labute approximate surface area is 162 Å². The number of carbonyl (C=O) groups is 1. The highest BCUT2D eigenvalue weighted by atomic mass is 32.2. The first-order valence-corrected chi connectivity index (χ1v) is 10.6. The third-order valence-corrected chi connectivity index (χ3v) is 5.89. The molecule has 0 bridgehead atoms. The fraction of sp³-hybridized carbons (Fsp3) is 0.300.